The lowest BCUT2D eigenvalue weighted by Gasteiger charge is -2.28. The highest BCUT2D eigenvalue weighted by molar-refractivity contribution is 5.93. The average molecular weight is 556 g/mol. The van der Waals surface area contributed by atoms with Gasteiger partial charge in [-0.25, -0.2) is 19.2 Å². The van der Waals surface area contributed by atoms with Crippen LogP contribution in [0, 0.1) is 17.1 Å². The molecule has 0 aliphatic carbocycles. The Hall–Kier alpha value is -4.33. The van der Waals surface area contributed by atoms with Gasteiger partial charge in [0.2, 0.25) is 5.88 Å². The minimum Gasteiger partial charge on any atom is -0.473 e. The Balaban J connectivity index is 1.15. The maximum Gasteiger partial charge on any atom is 0.337 e. The number of nitrogens with zero attached hydrogens (tertiary/aromatic N) is 5. The van der Waals surface area contributed by atoms with Crippen molar-refractivity contribution in [1.82, 2.24) is 19.4 Å². The van der Waals surface area contributed by atoms with E-state index >= 15 is 0 Å². The molecule has 2 aliphatic heterocycles. The van der Waals surface area contributed by atoms with Gasteiger partial charge in [0.15, 0.2) is 0 Å². The van der Waals surface area contributed by atoms with E-state index in [0.29, 0.717) is 30.1 Å². The summed E-state index contributed by atoms with van der Waals surface area (Å²) in [5.41, 5.74) is 3.82. The van der Waals surface area contributed by atoms with Crippen LogP contribution < -0.4 is 4.74 Å². The Morgan fingerprint density at radius 3 is 2.80 bits per heavy atom. The molecule has 10 heteroatoms. The van der Waals surface area contributed by atoms with Crippen LogP contribution in [0.15, 0.2) is 54.6 Å². The lowest BCUT2D eigenvalue weighted by atomic mass is 10.0. The third-order valence-electron chi connectivity index (χ3n) is 7.79. The molecule has 0 amide bonds. The first-order valence-corrected chi connectivity index (χ1v) is 13.7. The Bertz CT molecular complexity index is 1630. The smallest absolute Gasteiger partial charge is 0.337 e. The number of nitriles is 1. The lowest BCUT2D eigenvalue weighted by Crippen LogP contribution is -2.32. The van der Waals surface area contributed by atoms with Crippen LogP contribution in [-0.4, -0.2) is 58.3 Å². The third kappa shape index (κ3) is 5.78. The molecule has 2 unspecified atom stereocenters. The van der Waals surface area contributed by atoms with Gasteiger partial charge >= 0.3 is 5.97 Å². The minimum atomic E-state index is -0.469. The molecule has 4 aromatic rings. The van der Waals surface area contributed by atoms with E-state index in [4.69, 9.17) is 29.4 Å². The van der Waals surface area contributed by atoms with E-state index < -0.39 is 5.82 Å². The number of ether oxygens (including phenoxy) is 3. The predicted octanol–water partition coefficient (Wildman–Crippen LogP) is 4.59. The van der Waals surface area contributed by atoms with Crippen LogP contribution in [0.5, 0.6) is 5.88 Å². The van der Waals surface area contributed by atoms with E-state index in [0.717, 1.165) is 55.1 Å². The molecule has 0 bridgehead atoms. The van der Waals surface area contributed by atoms with Crippen molar-refractivity contribution in [3.05, 3.63) is 88.6 Å². The van der Waals surface area contributed by atoms with Gasteiger partial charge in [0, 0.05) is 36.4 Å². The summed E-state index contributed by atoms with van der Waals surface area (Å²) in [6, 6.07) is 17.4. The van der Waals surface area contributed by atoms with Crippen LogP contribution in [0.4, 0.5) is 4.39 Å². The van der Waals surface area contributed by atoms with Gasteiger partial charge in [0.05, 0.1) is 54.5 Å². The second-order valence-corrected chi connectivity index (χ2v) is 10.4. The zero-order chi connectivity index (χ0) is 28.3. The minimum absolute atomic E-state index is 0.0312. The second kappa shape index (κ2) is 11.6. The largest absolute Gasteiger partial charge is 0.473 e. The first-order chi connectivity index (χ1) is 20.0. The number of benzene rings is 2. The van der Waals surface area contributed by atoms with Crippen LogP contribution in [0.2, 0.25) is 0 Å². The maximum absolute atomic E-state index is 14.3. The summed E-state index contributed by atoms with van der Waals surface area (Å²) < 4.78 is 32.9. The zero-order valence-corrected chi connectivity index (χ0v) is 22.8. The van der Waals surface area contributed by atoms with Crippen molar-refractivity contribution in [3.63, 3.8) is 0 Å². The number of carbonyl (C=O) groups excluding carboxylic acids is 1. The van der Waals surface area contributed by atoms with Gasteiger partial charge in [0.1, 0.15) is 18.2 Å². The van der Waals surface area contributed by atoms with Gasteiger partial charge in [-0.05, 0) is 55.8 Å². The van der Waals surface area contributed by atoms with Gasteiger partial charge in [0.25, 0.3) is 0 Å². The molecule has 0 N–H and O–H groups in total. The number of hydrogen-bond acceptors (Lipinski definition) is 8. The fraction of sp³-hybridized carbons (Fsp3) is 0.355. The van der Waals surface area contributed by atoms with Crippen molar-refractivity contribution in [2.75, 3.05) is 26.8 Å². The van der Waals surface area contributed by atoms with Crippen molar-refractivity contribution in [1.29, 1.82) is 5.26 Å². The van der Waals surface area contributed by atoms with E-state index in [1.54, 1.807) is 24.3 Å². The molecule has 4 heterocycles. The summed E-state index contributed by atoms with van der Waals surface area (Å²) in [5, 5.41) is 8.94. The first-order valence-electron chi connectivity index (χ1n) is 13.7. The summed E-state index contributed by atoms with van der Waals surface area (Å²) in [7, 11) is 1.38. The number of hydrogen-bond donors (Lipinski definition) is 0. The van der Waals surface area contributed by atoms with Gasteiger partial charge in [-0.1, -0.05) is 12.1 Å². The van der Waals surface area contributed by atoms with Gasteiger partial charge in [-0.15, -0.1) is 0 Å². The normalized spacial score (nSPS) is 18.7. The summed E-state index contributed by atoms with van der Waals surface area (Å²) in [6.45, 7) is 3.87. The number of pyridine rings is 1. The molecule has 2 aromatic carbocycles. The summed E-state index contributed by atoms with van der Waals surface area (Å²) in [4.78, 5) is 24.2. The van der Waals surface area contributed by atoms with Crippen molar-refractivity contribution >= 4 is 17.0 Å². The molecule has 2 aliphatic rings. The molecule has 6 rings (SSSR count). The first kappa shape index (κ1) is 26.9. The maximum atomic E-state index is 14.3. The molecule has 0 spiro atoms. The van der Waals surface area contributed by atoms with Crippen molar-refractivity contribution in [2.24, 2.45) is 0 Å². The van der Waals surface area contributed by atoms with Crippen LogP contribution in [0.25, 0.3) is 11.0 Å². The predicted molar refractivity (Wildman–Crippen MR) is 148 cm³/mol. The number of esters is 1. The van der Waals surface area contributed by atoms with Crippen LogP contribution in [-0.2, 0) is 29.2 Å². The molecular formula is C31H30FN5O4. The number of carbonyl (C=O) groups is 1. The van der Waals surface area contributed by atoms with E-state index in [9.17, 15) is 9.18 Å². The third-order valence-corrected chi connectivity index (χ3v) is 7.79. The van der Waals surface area contributed by atoms with Crippen LogP contribution >= 0.6 is 0 Å². The molecule has 0 saturated carbocycles. The molecule has 210 valence electrons. The molecule has 0 radical (unpaired) electrons. The quantitative estimate of drug-likeness (QED) is 0.277. The van der Waals surface area contributed by atoms with E-state index in [2.05, 4.69) is 9.47 Å². The Morgan fingerprint density at radius 1 is 1.17 bits per heavy atom. The van der Waals surface area contributed by atoms with Crippen LogP contribution in [0.1, 0.15) is 51.8 Å². The fourth-order valence-electron chi connectivity index (χ4n) is 5.42. The molecule has 2 saturated heterocycles. The van der Waals surface area contributed by atoms with Gasteiger partial charge < -0.3 is 18.8 Å². The number of methoxy groups -OCH3 is 1. The van der Waals surface area contributed by atoms with Gasteiger partial charge in [-0.2, -0.15) is 5.26 Å². The summed E-state index contributed by atoms with van der Waals surface area (Å²) in [6.07, 6.45) is 2.09. The Labute approximate surface area is 237 Å². The number of likely N-dealkylation sites (tertiary alicyclic amines) is 1. The number of halogens is 1. The standard InChI is InChI=1S/C31H30FN5O4/c1-39-31(38)21-7-8-27-28(14-21)37(17-24-10-12-40-24)29(34-27)18-36-11-9-22(16-36)26-3-2-4-30(35-26)41-19-23-6-5-20(15-33)13-25(23)32/h2-8,13-14,22,24H,9-12,16-19H2,1H3. The van der Waals surface area contributed by atoms with Crippen molar-refractivity contribution in [2.45, 2.75) is 44.6 Å². The van der Waals surface area contributed by atoms with E-state index in [1.165, 1.54) is 13.2 Å². The van der Waals surface area contributed by atoms with E-state index in [-0.39, 0.29) is 30.2 Å². The highest BCUT2D eigenvalue weighted by atomic mass is 19.1. The summed E-state index contributed by atoms with van der Waals surface area (Å²) in [5.74, 6) is 0.761. The fourth-order valence-corrected chi connectivity index (χ4v) is 5.42. The SMILES string of the molecule is COC(=O)c1ccc2nc(CN3CCC(c4cccc(OCc5ccc(C#N)cc5F)n4)C3)n(CC3CCO3)c2c1. The molecule has 2 aromatic heterocycles. The highest BCUT2D eigenvalue weighted by Crippen LogP contribution is 2.30. The van der Waals surface area contributed by atoms with Gasteiger partial charge in [-0.3, -0.25) is 4.90 Å². The zero-order valence-electron chi connectivity index (χ0n) is 22.8. The monoisotopic (exact) mass is 555 g/mol. The lowest BCUT2D eigenvalue weighted by molar-refractivity contribution is -0.0591. The Kier molecular flexibility index (Phi) is 7.63. The topological polar surface area (TPSA) is 102 Å². The number of aromatic nitrogens is 3. The molecule has 9 nitrogen and oxygen atoms in total. The van der Waals surface area contributed by atoms with E-state index in [1.807, 2.05) is 30.3 Å². The van der Waals surface area contributed by atoms with Crippen LogP contribution in [0.3, 0.4) is 0 Å². The number of imidazole rings is 1. The molecule has 2 fully saturated rings. The molecule has 2 atom stereocenters. The molecule has 41 heavy (non-hydrogen) atoms. The number of fused-ring (bicyclic) bond motifs is 1. The highest BCUT2D eigenvalue weighted by Gasteiger charge is 2.28. The average Bonchev–Trinajstić information content (AvgIpc) is 3.58. The Morgan fingerprint density at radius 2 is 2.05 bits per heavy atom. The van der Waals surface area contributed by atoms with Crippen molar-refractivity contribution in [3.8, 4) is 11.9 Å². The second-order valence-electron chi connectivity index (χ2n) is 10.4. The van der Waals surface area contributed by atoms with Crippen molar-refractivity contribution < 1.29 is 23.4 Å². The summed E-state index contributed by atoms with van der Waals surface area (Å²) >= 11 is 0. The molecular weight excluding hydrogens is 525 g/mol. The number of rotatable bonds is 9.